The molecule has 1 unspecified atom stereocenters. The number of aliphatic hydroxyl groups excluding tert-OH is 1. The number of hydrogen-bond donors (Lipinski definition) is 1. The number of thioether (sulfide) groups is 1. The number of hydrogen-bond acceptors (Lipinski definition) is 2. The molecular formula is C15H13Br2FOS. The van der Waals surface area contributed by atoms with E-state index >= 15 is 0 Å². The van der Waals surface area contributed by atoms with Gasteiger partial charge in [0.2, 0.25) is 0 Å². The molecule has 1 nitrogen and oxygen atoms in total. The minimum absolute atomic E-state index is 0.282. The maximum Gasteiger partial charge on any atom is 0.123 e. The van der Waals surface area contributed by atoms with E-state index < -0.39 is 6.10 Å². The van der Waals surface area contributed by atoms with Gasteiger partial charge >= 0.3 is 0 Å². The number of rotatable bonds is 5. The van der Waals surface area contributed by atoms with Gasteiger partial charge in [0.05, 0.1) is 6.10 Å². The van der Waals surface area contributed by atoms with Crippen LogP contribution in [-0.4, -0.2) is 17.0 Å². The van der Waals surface area contributed by atoms with Crippen LogP contribution in [0.5, 0.6) is 0 Å². The predicted molar refractivity (Wildman–Crippen MR) is 88.7 cm³/mol. The summed E-state index contributed by atoms with van der Waals surface area (Å²) in [6, 6.07) is 12.5. The normalized spacial score (nSPS) is 12.4. The summed E-state index contributed by atoms with van der Waals surface area (Å²) in [4.78, 5) is 1.10. The molecule has 0 radical (unpaired) electrons. The zero-order valence-corrected chi connectivity index (χ0v) is 14.5. The number of halogens is 3. The Bertz CT molecular complexity index is 575. The topological polar surface area (TPSA) is 20.2 Å². The van der Waals surface area contributed by atoms with Gasteiger partial charge in [-0.2, -0.15) is 0 Å². The Balaban J connectivity index is 1.90. The largest absolute Gasteiger partial charge is 0.392 e. The van der Waals surface area contributed by atoms with Crippen molar-refractivity contribution in [1.82, 2.24) is 0 Å². The van der Waals surface area contributed by atoms with Crippen molar-refractivity contribution in [2.24, 2.45) is 0 Å². The molecule has 0 aliphatic heterocycles. The lowest BCUT2D eigenvalue weighted by atomic mass is 10.1. The number of benzene rings is 2. The summed E-state index contributed by atoms with van der Waals surface area (Å²) in [5.74, 6) is 0.292. The van der Waals surface area contributed by atoms with Crippen molar-refractivity contribution in [2.45, 2.75) is 17.4 Å². The molecule has 1 atom stereocenters. The molecule has 0 fully saturated rings. The fourth-order valence-corrected chi connectivity index (χ4v) is 3.24. The van der Waals surface area contributed by atoms with Crippen molar-refractivity contribution in [3.63, 3.8) is 0 Å². The molecule has 106 valence electrons. The fraction of sp³-hybridized carbons (Fsp3) is 0.200. The molecule has 2 aromatic carbocycles. The molecule has 0 bridgehead atoms. The van der Waals surface area contributed by atoms with Gasteiger partial charge in [-0.1, -0.05) is 31.9 Å². The highest BCUT2D eigenvalue weighted by molar-refractivity contribution is 9.10. The first-order chi connectivity index (χ1) is 9.54. The maximum atomic E-state index is 13.2. The van der Waals surface area contributed by atoms with Gasteiger partial charge in [0.15, 0.2) is 0 Å². The van der Waals surface area contributed by atoms with Crippen molar-refractivity contribution in [3.05, 3.63) is 62.8 Å². The first kappa shape index (κ1) is 16.0. The molecule has 0 heterocycles. The quantitative estimate of drug-likeness (QED) is 0.684. The lowest BCUT2D eigenvalue weighted by Crippen LogP contribution is -2.14. The summed E-state index contributed by atoms with van der Waals surface area (Å²) in [6.45, 7) is 0. The third kappa shape index (κ3) is 4.88. The Morgan fingerprint density at radius 1 is 1.10 bits per heavy atom. The average Bonchev–Trinajstić information content (AvgIpc) is 2.42. The van der Waals surface area contributed by atoms with Gasteiger partial charge in [-0.25, -0.2) is 4.39 Å². The minimum Gasteiger partial charge on any atom is -0.392 e. The van der Waals surface area contributed by atoms with Crippen LogP contribution in [0.2, 0.25) is 0 Å². The molecule has 2 rings (SSSR count). The Kier molecular flexibility index (Phi) is 6.08. The van der Waals surface area contributed by atoms with Gasteiger partial charge in [-0.3, -0.25) is 0 Å². The average molecular weight is 420 g/mol. The summed E-state index contributed by atoms with van der Waals surface area (Å²) in [6.07, 6.45) is -0.0799. The van der Waals surface area contributed by atoms with E-state index in [0.29, 0.717) is 12.2 Å². The minimum atomic E-state index is -0.512. The molecule has 0 saturated heterocycles. The molecule has 0 saturated carbocycles. The van der Waals surface area contributed by atoms with Crippen LogP contribution in [-0.2, 0) is 6.42 Å². The Labute approximate surface area is 138 Å². The van der Waals surface area contributed by atoms with E-state index in [-0.39, 0.29) is 5.82 Å². The molecular weight excluding hydrogens is 407 g/mol. The zero-order chi connectivity index (χ0) is 14.5. The third-order valence-corrected chi connectivity index (χ3v) is 5.18. The maximum absolute atomic E-state index is 13.2. The van der Waals surface area contributed by atoms with E-state index in [0.717, 1.165) is 19.4 Å². The third-order valence-electron chi connectivity index (χ3n) is 2.72. The van der Waals surface area contributed by atoms with E-state index in [4.69, 9.17) is 0 Å². The summed E-state index contributed by atoms with van der Waals surface area (Å²) < 4.78 is 15.0. The highest BCUT2D eigenvalue weighted by Gasteiger charge is 2.10. The van der Waals surface area contributed by atoms with Gasteiger partial charge in [0.1, 0.15) is 5.82 Å². The van der Waals surface area contributed by atoms with Crippen LogP contribution in [0.3, 0.4) is 0 Å². The van der Waals surface area contributed by atoms with Gasteiger partial charge in [0.25, 0.3) is 0 Å². The lowest BCUT2D eigenvalue weighted by Gasteiger charge is -2.12. The van der Waals surface area contributed by atoms with Crippen molar-refractivity contribution in [2.75, 3.05) is 5.75 Å². The SMILES string of the molecule is OC(CSc1ccc(Br)cc1)Cc1cc(F)ccc1Br. The van der Waals surface area contributed by atoms with Crippen LogP contribution in [0.15, 0.2) is 56.3 Å². The van der Waals surface area contributed by atoms with Crippen LogP contribution < -0.4 is 0 Å². The van der Waals surface area contributed by atoms with E-state index in [1.54, 1.807) is 17.8 Å². The van der Waals surface area contributed by atoms with Gasteiger partial charge < -0.3 is 5.11 Å². The Morgan fingerprint density at radius 3 is 2.50 bits per heavy atom. The van der Waals surface area contributed by atoms with Crippen molar-refractivity contribution in [1.29, 1.82) is 0 Å². The fourth-order valence-electron chi connectivity index (χ4n) is 1.74. The molecule has 0 aliphatic rings. The van der Waals surface area contributed by atoms with Crippen molar-refractivity contribution < 1.29 is 9.50 Å². The lowest BCUT2D eigenvalue weighted by molar-refractivity contribution is 0.200. The van der Waals surface area contributed by atoms with Crippen LogP contribution in [0, 0.1) is 5.82 Å². The Hall–Kier alpha value is -0.360. The van der Waals surface area contributed by atoms with Crippen LogP contribution in [0.4, 0.5) is 4.39 Å². The van der Waals surface area contributed by atoms with E-state index in [9.17, 15) is 9.50 Å². The van der Waals surface area contributed by atoms with Crippen molar-refractivity contribution >= 4 is 43.6 Å². The molecule has 0 aliphatic carbocycles. The molecule has 5 heteroatoms. The van der Waals surface area contributed by atoms with E-state index in [1.807, 2.05) is 24.3 Å². The predicted octanol–water partition coefficient (Wildman–Crippen LogP) is 5.05. The summed E-state index contributed by atoms with van der Waals surface area (Å²) >= 11 is 8.34. The first-order valence-electron chi connectivity index (χ1n) is 6.05. The molecule has 0 aromatic heterocycles. The smallest absolute Gasteiger partial charge is 0.123 e. The molecule has 0 amide bonds. The monoisotopic (exact) mass is 418 g/mol. The highest BCUT2D eigenvalue weighted by Crippen LogP contribution is 2.24. The molecule has 0 spiro atoms. The molecule has 1 N–H and O–H groups in total. The second-order valence-electron chi connectivity index (χ2n) is 4.36. The van der Waals surface area contributed by atoms with Gasteiger partial charge in [-0.15, -0.1) is 11.8 Å². The van der Waals surface area contributed by atoms with Crippen LogP contribution >= 0.6 is 43.6 Å². The van der Waals surface area contributed by atoms with E-state index in [1.165, 1.54) is 12.1 Å². The zero-order valence-electron chi connectivity index (χ0n) is 10.5. The van der Waals surface area contributed by atoms with Crippen LogP contribution in [0.1, 0.15) is 5.56 Å². The molecule has 2 aromatic rings. The summed E-state index contributed by atoms with van der Waals surface area (Å²) in [7, 11) is 0. The molecule has 20 heavy (non-hydrogen) atoms. The standard InChI is InChI=1S/C15H13Br2FOS/c16-11-1-4-14(5-2-11)20-9-13(19)8-10-7-12(18)3-6-15(10)17/h1-7,13,19H,8-9H2. The van der Waals surface area contributed by atoms with Gasteiger partial charge in [0, 0.05) is 26.0 Å². The summed E-state index contributed by atoms with van der Waals surface area (Å²) in [5.41, 5.74) is 0.786. The Morgan fingerprint density at radius 2 is 1.80 bits per heavy atom. The van der Waals surface area contributed by atoms with Crippen molar-refractivity contribution in [3.8, 4) is 0 Å². The van der Waals surface area contributed by atoms with Gasteiger partial charge in [-0.05, 0) is 48.0 Å². The van der Waals surface area contributed by atoms with E-state index in [2.05, 4.69) is 31.9 Å². The second kappa shape index (κ2) is 7.59. The van der Waals surface area contributed by atoms with Crippen LogP contribution in [0.25, 0.3) is 0 Å². The number of aliphatic hydroxyl groups is 1. The second-order valence-corrected chi connectivity index (χ2v) is 7.22. The summed E-state index contributed by atoms with van der Waals surface area (Å²) in [5, 5.41) is 10.1. The first-order valence-corrected chi connectivity index (χ1v) is 8.62. The highest BCUT2D eigenvalue weighted by atomic mass is 79.9.